The third-order valence-corrected chi connectivity index (χ3v) is 3.89. The largest absolute Gasteiger partial charge is 0.501 e. The van der Waals surface area contributed by atoms with Gasteiger partial charge in [-0.1, -0.05) is 43.2 Å². The van der Waals surface area contributed by atoms with E-state index in [4.69, 9.17) is 9.47 Å². The lowest BCUT2D eigenvalue weighted by molar-refractivity contribution is 0.0688. The van der Waals surface area contributed by atoms with E-state index in [-0.39, 0.29) is 0 Å². The van der Waals surface area contributed by atoms with Crippen molar-refractivity contribution in [2.24, 2.45) is 5.92 Å². The Kier molecular flexibility index (Phi) is 6.65. The summed E-state index contributed by atoms with van der Waals surface area (Å²) in [5.74, 6) is 0.667. The Morgan fingerprint density at radius 3 is 2.95 bits per heavy atom. The summed E-state index contributed by atoms with van der Waals surface area (Å²) >= 11 is 0. The molecule has 2 nitrogen and oxygen atoms in total. The number of hydrogen-bond donors (Lipinski definition) is 0. The molecule has 1 atom stereocenters. The van der Waals surface area contributed by atoms with Gasteiger partial charge in [0.2, 0.25) is 0 Å². The average Bonchev–Trinajstić information content (AvgIpc) is 2.46. The normalized spacial score (nSPS) is 21.1. The summed E-state index contributed by atoms with van der Waals surface area (Å²) in [5, 5.41) is 0. The van der Waals surface area contributed by atoms with Crippen LogP contribution >= 0.6 is 0 Å². The van der Waals surface area contributed by atoms with Crippen LogP contribution in [0.3, 0.4) is 0 Å². The first-order chi connectivity index (χ1) is 9.86. The van der Waals surface area contributed by atoms with Crippen LogP contribution in [0, 0.1) is 5.92 Å². The monoisotopic (exact) mass is 274 g/mol. The van der Waals surface area contributed by atoms with Crippen LogP contribution in [-0.2, 0) is 9.47 Å². The van der Waals surface area contributed by atoms with Gasteiger partial charge in [0.25, 0.3) is 0 Å². The third-order valence-electron chi connectivity index (χ3n) is 3.89. The highest BCUT2D eigenvalue weighted by atomic mass is 16.5. The van der Waals surface area contributed by atoms with Crippen molar-refractivity contribution in [3.8, 4) is 0 Å². The molecule has 0 radical (unpaired) electrons. The van der Waals surface area contributed by atoms with Gasteiger partial charge in [0.05, 0.1) is 12.9 Å². The maximum Gasteiger partial charge on any atom is 0.0877 e. The fourth-order valence-electron chi connectivity index (χ4n) is 2.56. The summed E-state index contributed by atoms with van der Waals surface area (Å²) in [6.07, 6.45) is 8.14. The topological polar surface area (TPSA) is 18.5 Å². The van der Waals surface area contributed by atoms with Crippen LogP contribution in [0.4, 0.5) is 0 Å². The summed E-state index contributed by atoms with van der Waals surface area (Å²) in [6.45, 7) is 4.72. The molecule has 0 N–H and O–H groups in total. The summed E-state index contributed by atoms with van der Waals surface area (Å²) in [4.78, 5) is 0. The molecule has 20 heavy (non-hydrogen) atoms. The predicted octanol–water partition coefficient (Wildman–Crippen LogP) is 4.66. The molecule has 2 heteroatoms. The maximum absolute atomic E-state index is 5.71. The fraction of sp³-hybridized carbons (Fsp3) is 0.556. The molecule has 0 aliphatic carbocycles. The first-order valence-corrected chi connectivity index (χ1v) is 7.78. The van der Waals surface area contributed by atoms with E-state index in [0.717, 1.165) is 26.2 Å². The van der Waals surface area contributed by atoms with Gasteiger partial charge in [-0.2, -0.15) is 0 Å². The first kappa shape index (κ1) is 15.1. The van der Waals surface area contributed by atoms with Crippen LogP contribution in [0.2, 0.25) is 0 Å². The molecule has 110 valence electrons. The Morgan fingerprint density at radius 1 is 1.25 bits per heavy atom. The molecule has 0 spiro atoms. The molecule has 2 rings (SSSR count). The zero-order valence-corrected chi connectivity index (χ0v) is 12.5. The number of benzene rings is 1. The minimum atomic E-state index is 0.667. The van der Waals surface area contributed by atoms with Crippen molar-refractivity contribution in [1.82, 2.24) is 0 Å². The van der Waals surface area contributed by atoms with Gasteiger partial charge in [0.1, 0.15) is 0 Å². The highest BCUT2D eigenvalue weighted by Crippen LogP contribution is 2.18. The second kappa shape index (κ2) is 8.80. The highest BCUT2D eigenvalue weighted by molar-refractivity contribution is 5.62. The van der Waals surface area contributed by atoms with E-state index in [1.165, 1.54) is 36.8 Å². The van der Waals surface area contributed by atoms with Crippen LogP contribution < -0.4 is 0 Å². The molecule has 0 saturated carbocycles. The molecule has 1 unspecified atom stereocenters. The van der Waals surface area contributed by atoms with E-state index < -0.39 is 0 Å². The number of rotatable bonds is 5. The molecule has 1 aromatic rings. The number of allylic oxidation sites excluding steroid dienone is 1. The van der Waals surface area contributed by atoms with Crippen LogP contribution in [0.25, 0.3) is 5.57 Å². The summed E-state index contributed by atoms with van der Waals surface area (Å²) < 4.78 is 11.4. The zero-order valence-electron chi connectivity index (χ0n) is 12.5. The molecule has 0 amide bonds. The Hall–Kier alpha value is -1.28. The Labute approximate surface area is 122 Å². The van der Waals surface area contributed by atoms with Gasteiger partial charge < -0.3 is 9.47 Å². The van der Waals surface area contributed by atoms with E-state index in [0.29, 0.717) is 5.92 Å². The minimum absolute atomic E-state index is 0.667. The minimum Gasteiger partial charge on any atom is -0.501 e. The highest BCUT2D eigenvalue weighted by Gasteiger charge is 2.11. The van der Waals surface area contributed by atoms with Gasteiger partial charge in [-0.15, -0.1) is 0 Å². The second-order valence-electron chi connectivity index (χ2n) is 5.62. The van der Waals surface area contributed by atoms with Gasteiger partial charge >= 0.3 is 0 Å². The number of hydrogen-bond acceptors (Lipinski definition) is 2. The molecule has 1 aromatic carbocycles. The van der Waals surface area contributed by atoms with Crippen molar-refractivity contribution in [1.29, 1.82) is 0 Å². The molecule has 1 aliphatic rings. The lowest BCUT2D eigenvalue weighted by Gasteiger charge is -2.19. The molecule has 1 aliphatic heterocycles. The predicted molar refractivity (Wildman–Crippen MR) is 83.4 cm³/mol. The van der Waals surface area contributed by atoms with Crippen molar-refractivity contribution < 1.29 is 9.47 Å². The average molecular weight is 274 g/mol. The summed E-state index contributed by atoms with van der Waals surface area (Å²) in [6, 6.07) is 10.4. The number of ether oxygens (including phenoxy) is 2. The summed E-state index contributed by atoms with van der Waals surface area (Å²) in [5.41, 5.74) is 2.40. The molecular formula is C18H26O2. The lowest BCUT2D eigenvalue weighted by atomic mass is 9.98. The van der Waals surface area contributed by atoms with Crippen LogP contribution in [-0.4, -0.2) is 19.8 Å². The van der Waals surface area contributed by atoms with Gasteiger partial charge in [-0.3, -0.25) is 0 Å². The van der Waals surface area contributed by atoms with E-state index in [9.17, 15) is 0 Å². The Morgan fingerprint density at radius 2 is 2.10 bits per heavy atom. The van der Waals surface area contributed by atoms with Crippen LogP contribution in [0.1, 0.15) is 44.6 Å². The Balaban J connectivity index is 1.69. The van der Waals surface area contributed by atoms with Crippen molar-refractivity contribution in [2.75, 3.05) is 19.8 Å². The van der Waals surface area contributed by atoms with Crippen molar-refractivity contribution >= 4 is 5.57 Å². The molecule has 1 saturated heterocycles. The summed E-state index contributed by atoms with van der Waals surface area (Å²) in [7, 11) is 0. The smallest absolute Gasteiger partial charge is 0.0877 e. The van der Waals surface area contributed by atoms with Gasteiger partial charge in [-0.25, -0.2) is 0 Å². The van der Waals surface area contributed by atoms with Gasteiger partial charge in [-0.05, 0) is 43.2 Å². The molecular weight excluding hydrogens is 248 g/mol. The van der Waals surface area contributed by atoms with E-state index in [1.807, 2.05) is 12.3 Å². The van der Waals surface area contributed by atoms with Crippen molar-refractivity contribution in [2.45, 2.75) is 39.0 Å². The standard InChI is InChI=1S/C18H26O2/c1-16(18-9-5-2-6-10-18)14-20-13-11-17-8-4-3-7-12-19-15-17/h2,5-6,9-10,14,17H,3-4,7-8,11-13,15H2,1H3/b16-14-. The Bertz CT molecular complexity index is 389. The second-order valence-corrected chi connectivity index (χ2v) is 5.62. The third kappa shape index (κ3) is 5.38. The molecule has 0 bridgehead atoms. The van der Waals surface area contributed by atoms with Gasteiger partial charge in [0, 0.05) is 13.2 Å². The molecule has 0 aromatic heterocycles. The van der Waals surface area contributed by atoms with Crippen molar-refractivity contribution in [3.05, 3.63) is 42.2 Å². The SMILES string of the molecule is C/C(=C/OCCC1CCCCCOC1)c1ccccc1. The van der Waals surface area contributed by atoms with Crippen LogP contribution in [0.5, 0.6) is 0 Å². The first-order valence-electron chi connectivity index (χ1n) is 7.78. The van der Waals surface area contributed by atoms with E-state index >= 15 is 0 Å². The fourth-order valence-corrected chi connectivity index (χ4v) is 2.56. The van der Waals surface area contributed by atoms with E-state index in [2.05, 4.69) is 31.2 Å². The van der Waals surface area contributed by atoms with Crippen LogP contribution in [0.15, 0.2) is 36.6 Å². The maximum atomic E-state index is 5.71. The van der Waals surface area contributed by atoms with E-state index in [1.54, 1.807) is 0 Å². The zero-order chi connectivity index (χ0) is 14.0. The van der Waals surface area contributed by atoms with Gasteiger partial charge in [0.15, 0.2) is 0 Å². The molecule has 1 fully saturated rings. The quantitative estimate of drug-likeness (QED) is 0.574. The van der Waals surface area contributed by atoms with Crippen molar-refractivity contribution in [3.63, 3.8) is 0 Å². The molecule has 1 heterocycles. The lowest BCUT2D eigenvalue weighted by Crippen LogP contribution is -2.15.